The summed E-state index contributed by atoms with van der Waals surface area (Å²) in [4.78, 5) is 22.2. The van der Waals surface area contributed by atoms with Gasteiger partial charge in [0, 0.05) is 19.1 Å². The molecule has 0 radical (unpaired) electrons. The molecule has 6 heteroatoms. The number of esters is 1. The predicted octanol–water partition coefficient (Wildman–Crippen LogP) is 0.576. The van der Waals surface area contributed by atoms with Crippen molar-refractivity contribution in [2.45, 2.75) is 19.4 Å². The molecule has 6 nitrogen and oxygen atoms in total. The fourth-order valence-corrected chi connectivity index (χ4v) is 2.50. The fraction of sp³-hybridized carbons (Fsp3) is 0.545. The number of carbonyl (C=O) groups excluding carboxylic acids is 1. The lowest BCUT2D eigenvalue weighted by Crippen LogP contribution is -2.33. The number of nitrogens with zero attached hydrogens (tertiary/aromatic N) is 3. The second-order valence-corrected chi connectivity index (χ2v) is 4.40. The Labute approximate surface area is 99.0 Å². The van der Waals surface area contributed by atoms with E-state index < -0.39 is 5.97 Å². The molecule has 1 fully saturated rings. The summed E-state index contributed by atoms with van der Waals surface area (Å²) in [7, 11) is 1.33. The number of aromatic nitrogens is 2. The van der Waals surface area contributed by atoms with Crippen LogP contribution in [0.4, 0.5) is 11.5 Å². The molecule has 0 aliphatic carbocycles. The number of anilines is 2. The summed E-state index contributed by atoms with van der Waals surface area (Å²) in [5.41, 5.74) is 1.84. The van der Waals surface area contributed by atoms with Gasteiger partial charge in [-0.2, -0.15) is 0 Å². The average Bonchev–Trinajstić information content (AvgIpc) is 2.69. The van der Waals surface area contributed by atoms with Gasteiger partial charge in [0.2, 0.25) is 5.82 Å². The first-order valence-corrected chi connectivity index (χ1v) is 5.67. The minimum absolute atomic E-state index is 0.124. The number of fused-ring (bicyclic) bond motifs is 4. The van der Waals surface area contributed by atoms with Gasteiger partial charge >= 0.3 is 5.97 Å². The number of carbonyl (C=O) groups is 1. The number of hydrogen-bond donors (Lipinski definition) is 1. The maximum absolute atomic E-state index is 11.4. The molecule has 1 aromatic heterocycles. The molecule has 0 unspecified atom stereocenters. The summed E-state index contributed by atoms with van der Waals surface area (Å²) in [5, 5.41) is 3.35. The Bertz CT molecular complexity index is 489. The zero-order valence-electron chi connectivity index (χ0n) is 9.86. The third kappa shape index (κ3) is 1.51. The molecule has 17 heavy (non-hydrogen) atoms. The number of ether oxygens (including phenoxy) is 1. The minimum atomic E-state index is -0.495. The van der Waals surface area contributed by atoms with Crippen LogP contribution in [-0.2, 0) is 4.74 Å². The molecule has 3 heterocycles. The van der Waals surface area contributed by atoms with E-state index in [1.54, 1.807) is 0 Å². The average molecular weight is 234 g/mol. The van der Waals surface area contributed by atoms with Crippen molar-refractivity contribution in [1.29, 1.82) is 0 Å². The number of rotatable bonds is 1. The van der Waals surface area contributed by atoms with E-state index in [9.17, 15) is 4.79 Å². The first-order valence-electron chi connectivity index (χ1n) is 5.67. The lowest BCUT2D eigenvalue weighted by Gasteiger charge is -2.28. The monoisotopic (exact) mass is 234 g/mol. The van der Waals surface area contributed by atoms with Crippen molar-refractivity contribution in [3.05, 3.63) is 11.5 Å². The van der Waals surface area contributed by atoms with Crippen molar-refractivity contribution < 1.29 is 9.53 Å². The quantitative estimate of drug-likeness (QED) is 0.717. The van der Waals surface area contributed by atoms with E-state index in [2.05, 4.69) is 24.9 Å². The molecule has 0 spiro atoms. The van der Waals surface area contributed by atoms with E-state index in [0.717, 1.165) is 36.7 Å². The maximum Gasteiger partial charge on any atom is 0.376 e. The van der Waals surface area contributed by atoms with Crippen molar-refractivity contribution in [3.63, 3.8) is 0 Å². The molecule has 1 atom stereocenters. The van der Waals surface area contributed by atoms with Crippen molar-refractivity contribution >= 4 is 17.5 Å². The van der Waals surface area contributed by atoms with Gasteiger partial charge in [-0.05, 0) is 13.3 Å². The highest BCUT2D eigenvalue weighted by atomic mass is 16.5. The van der Waals surface area contributed by atoms with Crippen molar-refractivity contribution in [2.24, 2.45) is 0 Å². The highest BCUT2D eigenvalue weighted by Crippen LogP contribution is 2.35. The van der Waals surface area contributed by atoms with Gasteiger partial charge in [0.15, 0.2) is 5.82 Å². The van der Waals surface area contributed by atoms with Gasteiger partial charge in [-0.1, -0.05) is 0 Å². The normalized spacial score (nSPS) is 20.8. The Balaban J connectivity index is 2.08. The zero-order valence-corrected chi connectivity index (χ0v) is 9.86. The Hall–Kier alpha value is -1.85. The Morgan fingerprint density at radius 2 is 2.35 bits per heavy atom. The van der Waals surface area contributed by atoms with Gasteiger partial charge in [-0.25, -0.2) is 14.8 Å². The van der Waals surface area contributed by atoms with Gasteiger partial charge in [0.05, 0.1) is 12.8 Å². The van der Waals surface area contributed by atoms with E-state index in [4.69, 9.17) is 0 Å². The molecule has 3 rings (SSSR count). The number of aryl methyl sites for hydroxylation is 1. The molecule has 1 saturated heterocycles. The Morgan fingerprint density at radius 3 is 3.12 bits per heavy atom. The number of nitrogens with one attached hydrogen (secondary N) is 1. The molecular weight excluding hydrogens is 220 g/mol. The molecule has 2 bridgehead atoms. The molecule has 0 aromatic carbocycles. The van der Waals surface area contributed by atoms with Crippen molar-refractivity contribution in [1.82, 2.24) is 9.97 Å². The standard InChI is InChI=1S/C11H14N4O2/c1-6-8-9(13-7-3-4-15(8)5-7)14-10(12-6)11(16)17-2/h7H,3-5H2,1-2H3,(H,12,13,14)/t7-/m0/s1. The highest BCUT2D eigenvalue weighted by Gasteiger charge is 2.33. The van der Waals surface area contributed by atoms with Crippen LogP contribution in [0.3, 0.4) is 0 Å². The summed E-state index contributed by atoms with van der Waals surface area (Å²) in [5.74, 6) is 0.385. The van der Waals surface area contributed by atoms with Gasteiger partial charge in [0.25, 0.3) is 0 Å². The summed E-state index contributed by atoms with van der Waals surface area (Å²) < 4.78 is 4.65. The highest BCUT2D eigenvalue weighted by molar-refractivity contribution is 5.87. The van der Waals surface area contributed by atoms with Crippen molar-refractivity contribution in [2.75, 3.05) is 30.4 Å². The SMILES string of the molecule is COC(=O)c1nc(C)c2c(n1)N[C@H]1CCN2C1. The summed E-state index contributed by atoms with van der Waals surface area (Å²) in [6.45, 7) is 3.91. The van der Waals surface area contributed by atoms with E-state index in [1.165, 1.54) is 7.11 Å². The molecular formula is C11H14N4O2. The van der Waals surface area contributed by atoms with Crippen LogP contribution >= 0.6 is 0 Å². The molecule has 1 aromatic rings. The van der Waals surface area contributed by atoms with Crippen LogP contribution in [0.5, 0.6) is 0 Å². The Kier molecular flexibility index (Phi) is 2.17. The van der Waals surface area contributed by atoms with Crippen LogP contribution < -0.4 is 10.2 Å². The first-order chi connectivity index (χ1) is 8.19. The molecule has 90 valence electrons. The van der Waals surface area contributed by atoms with E-state index in [1.807, 2.05) is 6.92 Å². The van der Waals surface area contributed by atoms with Gasteiger partial charge < -0.3 is 15.0 Å². The topological polar surface area (TPSA) is 67.3 Å². The fourth-order valence-electron chi connectivity index (χ4n) is 2.50. The Morgan fingerprint density at radius 1 is 1.53 bits per heavy atom. The van der Waals surface area contributed by atoms with Gasteiger partial charge in [-0.15, -0.1) is 0 Å². The van der Waals surface area contributed by atoms with Crippen LogP contribution in [0.1, 0.15) is 22.7 Å². The summed E-state index contributed by atoms with van der Waals surface area (Å²) >= 11 is 0. The second-order valence-electron chi connectivity index (χ2n) is 4.40. The number of methoxy groups -OCH3 is 1. The summed E-state index contributed by atoms with van der Waals surface area (Å²) in [6, 6.07) is 0.433. The molecule has 2 aliphatic heterocycles. The van der Waals surface area contributed by atoms with Crippen molar-refractivity contribution in [3.8, 4) is 0 Å². The van der Waals surface area contributed by atoms with Crippen LogP contribution in [0.15, 0.2) is 0 Å². The lowest BCUT2D eigenvalue weighted by molar-refractivity contribution is 0.0586. The van der Waals surface area contributed by atoms with Gasteiger partial charge in [-0.3, -0.25) is 0 Å². The molecule has 2 aliphatic rings. The zero-order chi connectivity index (χ0) is 12.0. The van der Waals surface area contributed by atoms with Crippen LogP contribution in [0.25, 0.3) is 0 Å². The largest absolute Gasteiger partial charge is 0.463 e. The first kappa shape index (κ1) is 10.3. The summed E-state index contributed by atoms with van der Waals surface area (Å²) in [6.07, 6.45) is 1.10. The van der Waals surface area contributed by atoms with E-state index in [0.29, 0.717) is 6.04 Å². The molecule has 0 saturated carbocycles. The molecule has 1 N–H and O–H groups in total. The van der Waals surface area contributed by atoms with E-state index >= 15 is 0 Å². The third-order valence-corrected chi connectivity index (χ3v) is 3.27. The smallest absolute Gasteiger partial charge is 0.376 e. The second kappa shape index (κ2) is 3.58. The van der Waals surface area contributed by atoms with Crippen LogP contribution in [0.2, 0.25) is 0 Å². The third-order valence-electron chi connectivity index (χ3n) is 3.27. The minimum Gasteiger partial charge on any atom is -0.463 e. The van der Waals surface area contributed by atoms with Gasteiger partial charge in [0.1, 0.15) is 5.69 Å². The predicted molar refractivity (Wildman–Crippen MR) is 62.3 cm³/mol. The lowest BCUT2D eigenvalue weighted by atomic mass is 10.2. The van der Waals surface area contributed by atoms with E-state index in [-0.39, 0.29) is 5.82 Å². The maximum atomic E-state index is 11.4. The molecule has 0 amide bonds. The van der Waals surface area contributed by atoms with Crippen LogP contribution in [-0.4, -0.2) is 42.2 Å². The van der Waals surface area contributed by atoms with Crippen LogP contribution in [0, 0.1) is 6.92 Å². The number of hydrogen-bond acceptors (Lipinski definition) is 6.